The number of carbonyl (C=O) groups is 1. The maximum Gasteiger partial charge on any atom is 0.261 e. The highest BCUT2D eigenvalue weighted by atomic mass is 19.2. The van der Waals surface area contributed by atoms with E-state index in [0.29, 0.717) is 32.8 Å². The van der Waals surface area contributed by atoms with Gasteiger partial charge in [-0.15, -0.1) is 0 Å². The van der Waals surface area contributed by atoms with E-state index in [1.165, 1.54) is 23.0 Å². The van der Waals surface area contributed by atoms with Crippen molar-refractivity contribution in [3.05, 3.63) is 57.7 Å². The van der Waals surface area contributed by atoms with Gasteiger partial charge in [0.2, 0.25) is 5.95 Å². The van der Waals surface area contributed by atoms with E-state index < -0.39 is 34.7 Å². The normalized spacial score (nSPS) is 20.6. The third-order valence-corrected chi connectivity index (χ3v) is 7.33. The Balaban J connectivity index is 1.52. The van der Waals surface area contributed by atoms with Crippen molar-refractivity contribution in [2.45, 2.75) is 52.1 Å². The highest BCUT2D eigenvalue weighted by Gasteiger charge is 2.39. The van der Waals surface area contributed by atoms with Crippen LogP contribution in [0.5, 0.6) is 5.75 Å². The molecule has 4 rings (SSSR count). The van der Waals surface area contributed by atoms with E-state index >= 15 is 0 Å². The molecule has 2 saturated heterocycles. The number of hydrogen-bond acceptors (Lipinski definition) is 5. The Hall–Kier alpha value is -2.65. The molecule has 0 bridgehead atoms. The number of aromatic nitrogens is 1. The number of benzene rings is 1. The molecule has 0 unspecified atom stereocenters. The van der Waals surface area contributed by atoms with Gasteiger partial charge in [0.05, 0.1) is 12.3 Å². The molecule has 6 nitrogen and oxygen atoms in total. The second-order valence-corrected chi connectivity index (χ2v) is 9.32. The predicted octanol–water partition coefficient (Wildman–Crippen LogP) is 4.50. The van der Waals surface area contributed by atoms with E-state index in [1.54, 1.807) is 7.11 Å². The van der Waals surface area contributed by atoms with E-state index in [2.05, 4.69) is 29.8 Å². The van der Waals surface area contributed by atoms with E-state index in [9.17, 15) is 18.0 Å². The van der Waals surface area contributed by atoms with Gasteiger partial charge in [0.15, 0.2) is 11.6 Å². The Morgan fingerprint density at radius 2 is 1.83 bits per heavy atom. The SMILES string of the molecule is COCCOc1ccc([C@H]2CCC[C@H]3CN(C(=O)c4c(F)nc(C)c(F)c4F)CCN32)c(C)c1C. The molecule has 3 heterocycles. The van der Waals surface area contributed by atoms with Gasteiger partial charge in [-0.1, -0.05) is 6.07 Å². The fourth-order valence-electron chi connectivity index (χ4n) is 5.29. The van der Waals surface area contributed by atoms with Gasteiger partial charge in [0.25, 0.3) is 5.91 Å². The number of carbonyl (C=O) groups excluding carboxylic acids is 1. The molecule has 1 amide bonds. The Kier molecular flexibility index (Phi) is 7.66. The Labute approximate surface area is 204 Å². The number of fused-ring (bicyclic) bond motifs is 1. The smallest absolute Gasteiger partial charge is 0.261 e. The third-order valence-electron chi connectivity index (χ3n) is 7.33. The van der Waals surface area contributed by atoms with Crippen molar-refractivity contribution < 1.29 is 27.4 Å². The summed E-state index contributed by atoms with van der Waals surface area (Å²) in [4.78, 5) is 20.2. The molecule has 1 aromatic heterocycles. The van der Waals surface area contributed by atoms with Gasteiger partial charge in [0.1, 0.15) is 17.9 Å². The molecule has 0 spiro atoms. The lowest BCUT2D eigenvalue weighted by atomic mass is 9.86. The molecule has 9 heteroatoms. The number of piperidine rings is 1. The number of ether oxygens (including phenoxy) is 2. The van der Waals surface area contributed by atoms with Crippen molar-refractivity contribution in [2.24, 2.45) is 0 Å². The Morgan fingerprint density at radius 3 is 2.57 bits per heavy atom. The van der Waals surface area contributed by atoms with Gasteiger partial charge < -0.3 is 14.4 Å². The zero-order chi connectivity index (χ0) is 25.3. The first-order valence-corrected chi connectivity index (χ1v) is 12.0. The molecule has 2 fully saturated rings. The van der Waals surface area contributed by atoms with Crippen LogP contribution in [-0.2, 0) is 4.74 Å². The average Bonchev–Trinajstić information content (AvgIpc) is 2.84. The molecule has 1 aromatic carbocycles. The fraction of sp³-hybridized carbons (Fsp3) is 0.538. The lowest BCUT2D eigenvalue weighted by molar-refractivity contribution is 0.00963. The minimum Gasteiger partial charge on any atom is -0.491 e. The highest BCUT2D eigenvalue weighted by Crippen LogP contribution is 2.39. The number of nitrogens with zero attached hydrogens (tertiary/aromatic N) is 3. The van der Waals surface area contributed by atoms with Crippen molar-refractivity contribution in [2.75, 3.05) is 40.0 Å². The van der Waals surface area contributed by atoms with E-state index in [1.807, 2.05) is 6.07 Å². The summed E-state index contributed by atoms with van der Waals surface area (Å²) in [6, 6.07) is 4.35. The second-order valence-electron chi connectivity index (χ2n) is 9.32. The first-order chi connectivity index (χ1) is 16.7. The van der Waals surface area contributed by atoms with E-state index in [0.717, 1.165) is 30.6 Å². The quantitative estimate of drug-likeness (QED) is 0.440. The summed E-state index contributed by atoms with van der Waals surface area (Å²) < 4.78 is 53.7. The molecule has 2 aromatic rings. The van der Waals surface area contributed by atoms with Crippen LogP contribution in [0.1, 0.15) is 58.0 Å². The number of aryl methyl sites for hydroxylation is 1. The van der Waals surface area contributed by atoms with Crippen LogP contribution < -0.4 is 4.74 Å². The summed E-state index contributed by atoms with van der Waals surface area (Å²) in [5.41, 5.74) is 2.18. The zero-order valence-electron chi connectivity index (χ0n) is 20.7. The number of halogens is 3. The molecular weight excluding hydrogens is 459 g/mol. The third kappa shape index (κ3) is 4.89. The van der Waals surface area contributed by atoms with Crippen LogP contribution in [-0.4, -0.2) is 66.7 Å². The summed E-state index contributed by atoms with van der Waals surface area (Å²) in [7, 11) is 1.64. The van der Waals surface area contributed by atoms with Gasteiger partial charge in [-0.3, -0.25) is 9.69 Å². The van der Waals surface area contributed by atoms with E-state index in [4.69, 9.17) is 9.47 Å². The number of hydrogen-bond donors (Lipinski definition) is 0. The van der Waals surface area contributed by atoms with Crippen molar-refractivity contribution in [3.8, 4) is 5.75 Å². The van der Waals surface area contributed by atoms with Crippen LogP contribution in [0.2, 0.25) is 0 Å². The lowest BCUT2D eigenvalue weighted by Crippen LogP contribution is -2.57. The molecule has 0 radical (unpaired) electrons. The van der Waals surface area contributed by atoms with Gasteiger partial charge in [-0.25, -0.2) is 13.8 Å². The molecular formula is C26H32F3N3O3. The summed E-state index contributed by atoms with van der Waals surface area (Å²) in [5, 5.41) is 0. The number of amides is 1. The van der Waals surface area contributed by atoms with Gasteiger partial charge >= 0.3 is 0 Å². The van der Waals surface area contributed by atoms with Crippen molar-refractivity contribution >= 4 is 5.91 Å². The predicted molar refractivity (Wildman–Crippen MR) is 125 cm³/mol. The highest BCUT2D eigenvalue weighted by molar-refractivity contribution is 5.94. The number of pyridine rings is 1. The van der Waals surface area contributed by atoms with Crippen LogP contribution in [0.3, 0.4) is 0 Å². The second kappa shape index (κ2) is 10.5. The largest absolute Gasteiger partial charge is 0.491 e. The van der Waals surface area contributed by atoms with Crippen LogP contribution in [0.4, 0.5) is 13.2 Å². The summed E-state index contributed by atoms with van der Waals surface area (Å²) in [5.74, 6) is -4.03. The number of methoxy groups -OCH3 is 1. The molecule has 2 atom stereocenters. The minimum atomic E-state index is -1.47. The van der Waals surface area contributed by atoms with Crippen LogP contribution in [0.25, 0.3) is 0 Å². The number of piperazine rings is 1. The fourth-order valence-corrected chi connectivity index (χ4v) is 5.29. The Morgan fingerprint density at radius 1 is 1.06 bits per heavy atom. The van der Waals surface area contributed by atoms with Crippen molar-refractivity contribution in [1.29, 1.82) is 0 Å². The first kappa shape index (κ1) is 25.4. The van der Waals surface area contributed by atoms with Crippen LogP contribution >= 0.6 is 0 Å². The molecule has 35 heavy (non-hydrogen) atoms. The van der Waals surface area contributed by atoms with Crippen molar-refractivity contribution in [3.63, 3.8) is 0 Å². The maximum atomic E-state index is 14.4. The summed E-state index contributed by atoms with van der Waals surface area (Å²) in [6.45, 7) is 7.52. The zero-order valence-corrected chi connectivity index (χ0v) is 20.7. The van der Waals surface area contributed by atoms with Gasteiger partial charge in [0, 0.05) is 38.8 Å². The lowest BCUT2D eigenvalue weighted by Gasteiger charge is -2.48. The van der Waals surface area contributed by atoms with Crippen LogP contribution in [0, 0.1) is 38.4 Å². The topological polar surface area (TPSA) is 54.9 Å². The summed E-state index contributed by atoms with van der Waals surface area (Å²) >= 11 is 0. The van der Waals surface area contributed by atoms with E-state index in [-0.39, 0.29) is 12.1 Å². The molecule has 0 saturated carbocycles. The van der Waals surface area contributed by atoms with Gasteiger partial charge in [-0.2, -0.15) is 4.39 Å². The molecule has 0 N–H and O–H groups in total. The molecule has 2 aliphatic heterocycles. The number of rotatable bonds is 6. The standard InChI is InChI=1S/C26H32F3N3O3/c1-15-16(2)21(35-13-12-34-4)9-8-19(15)20-7-5-6-18-14-31(10-11-32(18)20)26(33)22-24(28)23(27)17(3)30-25(22)29/h8-9,18,20H,5-7,10-14H2,1-4H3/t18-,20+/m0/s1. The first-order valence-electron chi connectivity index (χ1n) is 12.0. The van der Waals surface area contributed by atoms with Gasteiger partial charge in [-0.05, 0) is 62.8 Å². The minimum absolute atomic E-state index is 0.0539. The Bertz CT molecular complexity index is 1110. The molecule has 0 aliphatic carbocycles. The molecule has 2 aliphatic rings. The summed E-state index contributed by atoms with van der Waals surface area (Å²) in [6.07, 6.45) is 2.84. The monoisotopic (exact) mass is 491 g/mol. The van der Waals surface area contributed by atoms with Crippen LogP contribution in [0.15, 0.2) is 12.1 Å². The van der Waals surface area contributed by atoms with Crippen molar-refractivity contribution in [1.82, 2.24) is 14.8 Å². The maximum absolute atomic E-state index is 14.4. The molecule has 190 valence electrons. The average molecular weight is 492 g/mol.